The van der Waals surface area contributed by atoms with Crippen molar-refractivity contribution in [1.82, 2.24) is 5.43 Å². The van der Waals surface area contributed by atoms with E-state index in [2.05, 4.69) is 15.8 Å². The molecule has 7 nitrogen and oxygen atoms in total. The van der Waals surface area contributed by atoms with Crippen LogP contribution in [0.15, 0.2) is 77.9 Å². The molecule has 0 radical (unpaired) electrons. The number of rotatable bonds is 7. The Morgan fingerprint density at radius 2 is 1.66 bits per heavy atom. The lowest BCUT2D eigenvalue weighted by atomic mass is 10.2. The first-order valence-corrected chi connectivity index (χ1v) is 9.05. The van der Waals surface area contributed by atoms with Crippen LogP contribution in [0, 0.1) is 10.1 Å². The van der Waals surface area contributed by atoms with E-state index in [9.17, 15) is 14.9 Å². The number of benzene rings is 3. The average Bonchev–Trinajstić information content (AvgIpc) is 2.74. The summed E-state index contributed by atoms with van der Waals surface area (Å²) in [6.07, 6.45) is 1.42. The van der Waals surface area contributed by atoms with Crippen LogP contribution in [-0.2, 0) is 6.54 Å². The molecule has 0 aromatic heterocycles. The van der Waals surface area contributed by atoms with Crippen molar-refractivity contribution >= 4 is 35.1 Å². The number of nitro benzene ring substituents is 1. The predicted molar refractivity (Wildman–Crippen MR) is 113 cm³/mol. The highest BCUT2D eigenvalue weighted by Crippen LogP contribution is 2.14. The van der Waals surface area contributed by atoms with E-state index in [4.69, 9.17) is 11.6 Å². The number of amides is 1. The zero-order chi connectivity index (χ0) is 20.6. The number of hydrogen-bond acceptors (Lipinski definition) is 5. The zero-order valence-corrected chi connectivity index (χ0v) is 16.0. The van der Waals surface area contributed by atoms with Crippen LogP contribution >= 0.6 is 11.6 Å². The fourth-order valence-electron chi connectivity index (χ4n) is 2.46. The van der Waals surface area contributed by atoms with Gasteiger partial charge < -0.3 is 5.32 Å². The third-order valence-electron chi connectivity index (χ3n) is 4.04. The molecule has 0 aliphatic carbocycles. The predicted octanol–water partition coefficient (Wildman–Crippen LogP) is 4.62. The first kappa shape index (κ1) is 20.0. The summed E-state index contributed by atoms with van der Waals surface area (Å²) in [4.78, 5) is 22.3. The first-order chi connectivity index (χ1) is 14.0. The molecule has 1 amide bonds. The number of carbonyl (C=O) groups excluding carboxylic acids is 1. The van der Waals surface area contributed by atoms with E-state index in [1.165, 1.54) is 18.3 Å². The quantitative estimate of drug-likeness (QED) is 0.338. The maximum absolute atomic E-state index is 12.2. The number of halogens is 1. The van der Waals surface area contributed by atoms with Crippen molar-refractivity contribution < 1.29 is 9.72 Å². The van der Waals surface area contributed by atoms with Gasteiger partial charge in [-0.15, -0.1) is 0 Å². The van der Waals surface area contributed by atoms with E-state index in [1.54, 1.807) is 24.3 Å². The molecule has 0 atom stereocenters. The van der Waals surface area contributed by atoms with Gasteiger partial charge in [0.05, 0.1) is 11.1 Å². The first-order valence-electron chi connectivity index (χ1n) is 8.67. The number of nitro groups is 1. The zero-order valence-electron chi connectivity index (χ0n) is 15.2. The molecule has 0 heterocycles. The smallest absolute Gasteiger partial charge is 0.271 e. The van der Waals surface area contributed by atoms with Gasteiger partial charge in [-0.3, -0.25) is 14.9 Å². The second-order valence-corrected chi connectivity index (χ2v) is 6.54. The van der Waals surface area contributed by atoms with Gasteiger partial charge in [0.25, 0.3) is 11.6 Å². The topological polar surface area (TPSA) is 96.6 Å². The van der Waals surface area contributed by atoms with Crippen LogP contribution in [0.5, 0.6) is 0 Å². The number of nitrogens with zero attached hydrogens (tertiary/aromatic N) is 2. The van der Waals surface area contributed by atoms with Gasteiger partial charge in [-0.05, 0) is 59.7 Å². The maximum Gasteiger partial charge on any atom is 0.271 e. The van der Waals surface area contributed by atoms with Crippen LogP contribution in [0.4, 0.5) is 11.4 Å². The summed E-state index contributed by atoms with van der Waals surface area (Å²) in [5.74, 6) is -0.354. The van der Waals surface area contributed by atoms with Crippen LogP contribution in [-0.4, -0.2) is 17.0 Å². The lowest BCUT2D eigenvalue weighted by Crippen LogP contribution is -2.17. The molecule has 0 bridgehead atoms. The van der Waals surface area contributed by atoms with Gasteiger partial charge in [0.2, 0.25) is 0 Å². The van der Waals surface area contributed by atoms with Crippen LogP contribution in [0.2, 0.25) is 5.02 Å². The number of hydrogen-bond donors (Lipinski definition) is 2. The van der Waals surface area contributed by atoms with Crippen molar-refractivity contribution in [2.24, 2.45) is 5.10 Å². The largest absolute Gasteiger partial charge is 0.381 e. The summed E-state index contributed by atoms with van der Waals surface area (Å²) in [6, 6.07) is 20.4. The minimum Gasteiger partial charge on any atom is -0.381 e. The minimum absolute atomic E-state index is 0.00375. The molecule has 29 heavy (non-hydrogen) atoms. The molecule has 3 aromatic carbocycles. The standard InChI is InChI=1S/C21H17ClN4O3/c22-18-7-1-15(2-8-18)13-23-19-9-5-17(6-10-19)21(27)25-24-14-16-3-11-20(12-4-16)26(28)29/h1-12,14,23H,13H2,(H,25,27). The fraction of sp³-hybridized carbons (Fsp3) is 0.0476. The second kappa shape index (κ2) is 9.48. The summed E-state index contributed by atoms with van der Waals surface area (Å²) >= 11 is 5.87. The number of non-ortho nitro benzene ring substituents is 1. The van der Waals surface area contributed by atoms with Crippen LogP contribution in [0.3, 0.4) is 0 Å². The van der Waals surface area contributed by atoms with Gasteiger partial charge in [-0.25, -0.2) is 5.43 Å². The summed E-state index contributed by atoms with van der Waals surface area (Å²) in [5.41, 5.74) is 5.50. The Kier molecular flexibility index (Phi) is 6.55. The fourth-order valence-corrected chi connectivity index (χ4v) is 2.58. The van der Waals surface area contributed by atoms with Gasteiger partial charge in [-0.2, -0.15) is 5.10 Å². The molecule has 0 spiro atoms. The molecular formula is C21H17ClN4O3. The lowest BCUT2D eigenvalue weighted by Gasteiger charge is -2.07. The number of nitrogens with one attached hydrogen (secondary N) is 2. The molecule has 146 valence electrons. The third kappa shape index (κ3) is 5.88. The van der Waals surface area contributed by atoms with E-state index < -0.39 is 4.92 Å². The summed E-state index contributed by atoms with van der Waals surface area (Å²) in [5, 5.41) is 18.5. The molecule has 3 rings (SSSR count). The van der Waals surface area contributed by atoms with E-state index in [1.807, 2.05) is 36.4 Å². The van der Waals surface area contributed by atoms with E-state index >= 15 is 0 Å². The van der Waals surface area contributed by atoms with Crippen LogP contribution < -0.4 is 10.7 Å². The summed E-state index contributed by atoms with van der Waals surface area (Å²) in [7, 11) is 0. The summed E-state index contributed by atoms with van der Waals surface area (Å²) in [6.45, 7) is 0.641. The molecule has 0 aliphatic rings. The lowest BCUT2D eigenvalue weighted by molar-refractivity contribution is -0.384. The van der Waals surface area contributed by atoms with Crippen LogP contribution in [0.1, 0.15) is 21.5 Å². The van der Waals surface area contributed by atoms with E-state index in [-0.39, 0.29) is 11.6 Å². The Balaban J connectivity index is 1.51. The van der Waals surface area contributed by atoms with Crippen molar-refractivity contribution in [3.63, 3.8) is 0 Å². The van der Waals surface area contributed by atoms with Gasteiger partial charge in [-0.1, -0.05) is 23.7 Å². The number of anilines is 1. The molecule has 3 aromatic rings. The SMILES string of the molecule is O=C(NN=Cc1ccc([N+](=O)[O-])cc1)c1ccc(NCc2ccc(Cl)cc2)cc1. The Morgan fingerprint density at radius 3 is 2.28 bits per heavy atom. The normalized spacial score (nSPS) is 10.7. The van der Waals surface area contributed by atoms with Crippen molar-refractivity contribution in [2.75, 3.05) is 5.32 Å². The number of hydrazone groups is 1. The number of carbonyl (C=O) groups is 1. The van der Waals surface area contributed by atoms with Gasteiger partial charge >= 0.3 is 0 Å². The Morgan fingerprint density at radius 1 is 1.00 bits per heavy atom. The maximum atomic E-state index is 12.2. The van der Waals surface area contributed by atoms with Crippen LogP contribution in [0.25, 0.3) is 0 Å². The van der Waals surface area contributed by atoms with Gasteiger partial charge in [0.15, 0.2) is 0 Å². The minimum atomic E-state index is -0.476. The molecule has 0 saturated heterocycles. The third-order valence-corrected chi connectivity index (χ3v) is 4.29. The van der Waals surface area contributed by atoms with Crippen molar-refractivity contribution in [3.8, 4) is 0 Å². The molecule has 0 saturated carbocycles. The highest BCUT2D eigenvalue weighted by molar-refractivity contribution is 6.30. The molecule has 0 fully saturated rings. The summed E-state index contributed by atoms with van der Waals surface area (Å²) < 4.78 is 0. The highest BCUT2D eigenvalue weighted by Gasteiger charge is 2.05. The molecule has 8 heteroatoms. The molecular weight excluding hydrogens is 392 g/mol. The van der Waals surface area contributed by atoms with E-state index in [0.717, 1.165) is 11.3 Å². The van der Waals surface area contributed by atoms with Crippen molar-refractivity contribution in [1.29, 1.82) is 0 Å². The second-order valence-electron chi connectivity index (χ2n) is 6.11. The molecule has 0 unspecified atom stereocenters. The van der Waals surface area contributed by atoms with Crippen molar-refractivity contribution in [2.45, 2.75) is 6.54 Å². The Labute approximate surface area is 172 Å². The Hall–Kier alpha value is -3.71. The molecule has 2 N–H and O–H groups in total. The van der Waals surface area contributed by atoms with E-state index in [0.29, 0.717) is 22.7 Å². The average molecular weight is 409 g/mol. The van der Waals surface area contributed by atoms with Gasteiger partial charge in [0.1, 0.15) is 0 Å². The van der Waals surface area contributed by atoms with Crippen molar-refractivity contribution in [3.05, 3.63) is 105 Å². The molecule has 0 aliphatic heterocycles. The highest BCUT2D eigenvalue weighted by atomic mass is 35.5. The van der Waals surface area contributed by atoms with Gasteiger partial charge in [0, 0.05) is 35.0 Å². The monoisotopic (exact) mass is 408 g/mol. The Bertz CT molecular complexity index is 1020.